The average molecular weight is 251 g/mol. The number of halogens is 1. The van der Waals surface area contributed by atoms with E-state index in [9.17, 15) is 9.18 Å². The third-order valence-corrected chi connectivity index (χ3v) is 3.02. The fraction of sp³-hybridized carbons (Fsp3) is 0.462. The summed E-state index contributed by atoms with van der Waals surface area (Å²) in [5.74, 6) is -0.484. The summed E-state index contributed by atoms with van der Waals surface area (Å²) in [4.78, 5) is 13.8. The van der Waals surface area contributed by atoms with Gasteiger partial charge in [0, 0.05) is 18.3 Å². The Morgan fingerprint density at radius 2 is 2.39 bits per heavy atom. The van der Waals surface area contributed by atoms with Gasteiger partial charge in [-0.2, -0.15) is 0 Å². The lowest BCUT2D eigenvalue weighted by Gasteiger charge is -2.29. The Kier molecular flexibility index (Phi) is 4.28. The zero-order chi connectivity index (χ0) is 13.0. The molecule has 0 aliphatic carbocycles. The number of carbonyl (C=O) groups is 1. The summed E-state index contributed by atoms with van der Waals surface area (Å²) in [6, 6.07) is 6.05. The highest BCUT2D eigenvalue weighted by molar-refractivity contribution is 5.92. The molecule has 5 heteroatoms. The van der Waals surface area contributed by atoms with Crippen molar-refractivity contribution in [3.05, 3.63) is 30.1 Å². The zero-order valence-corrected chi connectivity index (χ0v) is 10.2. The molecule has 0 aromatic heterocycles. The van der Waals surface area contributed by atoms with E-state index in [1.807, 2.05) is 4.90 Å². The van der Waals surface area contributed by atoms with Crippen molar-refractivity contribution in [1.82, 2.24) is 4.90 Å². The average Bonchev–Trinajstić information content (AvgIpc) is 2.28. The van der Waals surface area contributed by atoms with Crippen molar-refractivity contribution in [2.45, 2.75) is 18.9 Å². The number of nitrogens with two attached hydrogens (primary N) is 1. The highest BCUT2D eigenvalue weighted by Gasteiger charge is 2.18. The molecule has 1 saturated heterocycles. The molecule has 18 heavy (non-hydrogen) atoms. The summed E-state index contributed by atoms with van der Waals surface area (Å²) in [6.07, 6.45) is 2.04. The zero-order valence-electron chi connectivity index (χ0n) is 10.2. The molecular weight excluding hydrogens is 233 g/mol. The number of benzene rings is 1. The lowest BCUT2D eigenvalue weighted by molar-refractivity contribution is -0.117. The highest BCUT2D eigenvalue weighted by Crippen LogP contribution is 2.10. The van der Waals surface area contributed by atoms with Crippen LogP contribution >= 0.6 is 0 Å². The van der Waals surface area contributed by atoms with Gasteiger partial charge in [-0.25, -0.2) is 4.39 Å². The Balaban J connectivity index is 1.85. The van der Waals surface area contributed by atoms with Crippen molar-refractivity contribution in [1.29, 1.82) is 0 Å². The molecule has 1 fully saturated rings. The topological polar surface area (TPSA) is 58.4 Å². The largest absolute Gasteiger partial charge is 0.327 e. The summed E-state index contributed by atoms with van der Waals surface area (Å²) in [7, 11) is 0. The van der Waals surface area contributed by atoms with E-state index in [0.29, 0.717) is 12.2 Å². The molecule has 4 nitrogen and oxygen atoms in total. The van der Waals surface area contributed by atoms with Gasteiger partial charge in [-0.3, -0.25) is 9.69 Å². The molecule has 98 valence electrons. The van der Waals surface area contributed by atoms with Gasteiger partial charge in [-0.15, -0.1) is 0 Å². The van der Waals surface area contributed by atoms with E-state index in [-0.39, 0.29) is 17.8 Å². The third-order valence-electron chi connectivity index (χ3n) is 3.02. The molecule has 3 N–H and O–H groups in total. The Hall–Kier alpha value is -1.46. The van der Waals surface area contributed by atoms with Crippen molar-refractivity contribution in [2.24, 2.45) is 5.73 Å². The summed E-state index contributed by atoms with van der Waals surface area (Å²) in [5, 5.41) is 2.68. The Morgan fingerprint density at radius 1 is 1.56 bits per heavy atom. The normalized spacial score (nSPS) is 20.7. The fourth-order valence-corrected chi connectivity index (χ4v) is 2.20. The van der Waals surface area contributed by atoms with Crippen LogP contribution in [0, 0.1) is 5.82 Å². The van der Waals surface area contributed by atoms with Gasteiger partial charge < -0.3 is 11.1 Å². The van der Waals surface area contributed by atoms with Crippen LogP contribution in [0.2, 0.25) is 0 Å². The number of rotatable bonds is 3. The number of amides is 1. The first kappa shape index (κ1) is 13.0. The van der Waals surface area contributed by atoms with Gasteiger partial charge in [0.25, 0.3) is 0 Å². The number of hydrogen-bond acceptors (Lipinski definition) is 3. The molecule has 1 aromatic rings. The molecule has 2 rings (SSSR count). The quantitative estimate of drug-likeness (QED) is 0.848. The number of carbonyl (C=O) groups excluding carboxylic acids is 1. The number of nitrogens with zero attached hydrogens (tertiary/aromatic N) is 1. The van der Waals surface area contributed by atoms with Gasteiger partial charge in [0.15, 0.2) is 0 Å². The molecule has 0 radical (unpaired) electrons. The molecule has 0 spiro atoms. The van der Waals surface area contributed by atoms with E-state index in [2.05, 4.69) is 5.32 Å². The number of anilines is 1. The Labute approximate surface area is 106 Å². The van der Waals surface area contributed by atoms with Gasteiger partial charge in [-0.05, 0) is 37.6 Å². The molecule has 1 amide bonds. The number of likely N-dealkylation sites (tertiary alicyclic amines) is 1. The van der Waals surface area contributed by atoms with Gasteiger partial charge in [-0.1, -0.05) is 6.07 Å². The highest BCUT2D eigenvalue weighted by atomic mass is 19.1. The number of piperidine rings is 1. The molecular formula is C13H18FN3O. The molecule has 0 saturated carbocycles. The van der Waals surface area contributed by atoms with Gasteiger partial charge in [0.05, 0.1) is 6.54 Å². The van der Waals surface area contributed by atoms with Crippen LogP contribution in [0.3, 0.4) is 0 Å². The van der Waals surface area contributed by atoms with Crippen LogP contribution in [0.25, 0.3) is 0 Å². The lowest BCUT2D eigenvalue weighted by atomic mass is 10.1. The van der Waals surface area contributed by atoms with Crippen LogP contribution in [0.4, 0.5) is 10.1 Å². The van der Waals surface area contributed by atoms with Crippen LogP contribution in [0.1, 0.15) is 12.8 Å². The molecule has 1 unspecified atom stereocenters. The van der Waals surface area contributed by atoms with E-state index in [1.54, 1.807) is 12.1 Å². The molecule has 1 aliphatic rings. The van der Waals surface area contributed by atoms with Crippen LogP contribution in [-0.4, -0.2) is 36.5 Å². The lowest BCUT2D eigenvalue weighted by Crippen LogP contribution is -2.45. The summed E-state index contributed by atoms with van der Waals surface area (Å²) >= 11 is 0. The fourth-order valence-electron chi connectivity index (χ4n) is 2.20. The van der Waals surface area contributed by atoms with E-state index in [4.69, 9.17) is 5.73 Å². The van der Waals surface area contributed by atoms with Gasteiger partial charge in [0.2, 0.25) is 5.91 Å². The predicted molar refractivity (Wildman–Crippen MR) is 68.7 cm³/mol. The predicted octanol–water partition coefficient (Wildman–Crippen LogP) is 1.19. The van der Waals surface area contributed by atoms with Crippen LogP contribution in [0.15, 0.2) is 24.3 Å². The standard InChI is InChI=1S/C13H18FN3O/c14-10-3-1-5-12(7-10)16-13(18)9-17-6-2-4-11(15)8-17/h1,3,5,7,11H,2,4,6,8-9,15H2,(H,16,18). The smallest absolute Gasteiger partial charge is 0.238 e. The second-order valence-electron chi connectivity index (χ2n) is 4.70. The van der Waals surface area contributed by atoms with E-state index < -0.39 is 0 Å². The minimum absolute atomic E-state index is 0.130. The maximum Gasteiger partial charge on any atom is 0.238 e. The van der Waals surface area contributed by atoms with Crippen LogP contribution in [0.5, 0.6) is 0 Å². The monoisotopic (exact) mass is 251 g/mol. The maximum atomic E-state index is 12.9. The summed E-state index contributed by atoms with van der Waals surface area (Å²) in [5.41, 5.74) is 6.34. The van der Waals surface area contributed by atoms with E-state index in [0.717, 1.165) is 25.9 Å². The molecule has 1 aromatic carbocycles. The maximum absolute atomic E-state index is 12.9. The molecule has 1 heterocycles. The van der Waals surface area contributed by atoms with Crippen molar-refractivity contribution >= 4 is 11.6 Å². The number of nitrogens with one attached hydrogen (secondary N) is 1. The SMILES string of the molecule is NC1CCCN(CC(=O)Nc2cccc(F)c2)C1. The third kappa shape index (κ3) is 3.78. The minimum atomic E-state index is -0.354. The Bertz CT molecular complexity index is 424. The van der Waals surface area contributed by atoms with Crippen LogP contribution < -0.4 is 11.1 Å². The molecule has 1 atom stereocenters. The minimum Gasteiger partial charge on any atom is -0.327 e. The summed E-state index contributed by atoms with van der Waals surface area (Å²) < 4.78 is 12.9. The first-order valence-electron chi connectivity index (χ1n) is 6.17. The number of hydrogen-bond donors (Lipinski definition) is 2. The second kappa shape index (κ2) is 5.93. The van der Waals surface area contributed by atoms with E-state index >= 15 is 0 Å². The second-order valence-corrected chi connectivity index (χ2v) is 4.70. The first-order valence-corrected chi connectivity index (χ1v) is 6.17. The molecule has 0 bridgehead atoms. The summed E-state index contributed by atoms with van der Waals surface area (Å²) in [6.45, 7) is 1.95. The van der Waals surface area contributed by atoms with Crippen molar-refractivity contribution in [3.8, 4) is 0 Å². The Morgan fingerprint density at radius 3 is 3.11 bits per heavy atom. The molecule has 1 aliphatic heterocycles. The van der Waals surface area contributed by atoms with Gasteiger partial charge >= 0.3 is 0 Å². The van der Waals surface area contributed by atoms with E-state index in [1.165, 1.54) is 12.1 Å². The van der Waals surface area contributed by atoms with Gasteiger partial charge in [0.1, 0.15) is 5.82 Å². The first-order chi connectivity index (χ1) is 8.63. The van der Waals surface area contributed by atoms with Crippen LogP contribution in [-0.2, 0) is 4.79 Å². The van der Waals surface area contributed by atoms with Crippen molar-refractivity contribution in [2.75, 3.05) is 25.0 Å². The van der Waals surface area contributed by atoms with Crippen molar-refractivity contribution < 1.29 is 9.18 Å². The van der Waals surface area contributed by atoms with Crippen molar-refractivity contribution in [3.63, 3.8) is 0 Å².